The Morgan fingerprint density at radius 2 is 2.25 bits per heavy atom. The lowest BCUT2D eigenvalue weighted by Crippen LogP contribution is -2.24. The van der Waals surface area contributed by atoms with Gasteiger partial charge in [-0.25, -0.2) is 4.39 Å². The highest BCUT2D eigenvalue weighted by Crippen LogP contribution is 2.15. The first-order valence-corrected chi connectivity index (χ1v) is 4.40. The van der Waals surface area contributed by atoms with E-state index >= 15 is 0 Å². The second-order valence-corrected chi connectivity index (χ2v) is 3.36. The van der Waals surface area contributed by atoms with Gasteiger partial charge in [-0.15, -0.1) is 0 Å². The molecule has 12 heavy (non-hydrogen) atoms. The molecule has 0 aromatic heterocycles. The summed E-state index contributed by atoms with van der Waals surface area (Å²) in [5.41, 5.74) is 3.16. The van der Waals surface area contributed by atoms with Gasteiger partial charge in [-0.2, -0.15) is 0 Å². The van der Waals surface area contributed by atoms with Crippen LogP contribution in [0.5, 0.6) is 0 Å². The third-order valence-electron chi connectivity index (χ3n) is 1.55. The van der Waals surface area contributed by atoms with Crippen molar-refractivity contribution in [1.82, 2.24) is 5.43 Å². The molecule has 1 aromatic rings. The van der Waals surface area contributed by atoms with Crippen LogP contribution in [0.3, 0.4) is 0 Å². The summed E-state index contributed by atoms with van der Waals surface area (Å²) in [5, 5.41) is 0. The molecular formula is C8H10BrFN2. The molecule has 2 nitrogen and oxygen atoms in total. The minimum Gasteiger partial charge on any atom is -0.271 e. The SMILES string of the molecule is NNCCc1ccc(Br)cc1F. The number of hydrazine groups is 1. The van der Waals surface area contributed by atoms with E-state index in [1.807, 2.05) is 6.07 Å². The lowest BCUT2D eigenvalue weighted by molar-refractivity contribution is 0.600. The zero-order valence-electron chi connectivity index (χ0n) is 6.48. The Hall–Kier alpha value is -0.450. The summed E-state index contributed by atoms with van der Waals surface area (Å²) in [7, 11) is 0. The quantitative estimate of drug-likeness (QED) is 0.614. The molecule has 0 aliphatic heterocycles. The molecule has 0 aliphatic carbocycles. The Balaban J connectivity index is 2.72. The fourth-order valence-electron chi connectivity index (χ4n) is 0.931. The molecule has 0 saturated carbocycles. The highest BCUT2D eigenvalue weighted by molar-refractivity contribution is 9.10. The van der Waals surface area contributed by atoms with E-state index in [9.17, 15) is 4.39 Å². The molecule has 0 saturated heterocycles. The molecule has 1 aromatic carbocycles. The van der Waals surface area contributed by atoms with Crippen LogP contribution in [-0.4, -0.2) is 6.54 Å². The van der Waals surface area contributed by atoms with E-state index < -0.39 is 0 Å². The number of benzene rings is 1. The molecule has 0 aliphatic rings. The van der Waals surface area contributed by atoms with Gasteiger partial charge in [0.05, 0.1) is 0 Å². The summed E-state index contributed by atoms with van der Waals surface area (Å²) in [6.45, 7) is 0.582. The number of hydrogen-bond acceptors (Lipinski definition) is 2. The molecule has 0 bridgehead atoms. The molecule has 0 fully saturated rings. The molecule has 4 heteroatoms. The van der Waals surface area contributed by atoms with E-state index in [1.54, 1.807) is 6.07 Å². The molecule has 0 atom stereocenters. The molecule has 0 amide bonds. The normalized spacial score (nSPS) is 10.2. The fraction of sp³-hybridized carbons (Fsp3) is 0.250. The van der Waals surface area contributed by atoms with Gasteiger partial charge in [0.25, 0.3) is 0 Å². The highest BCUT2D eigenvalue weighted by Gasteiger charge is 2.00. The Kier molecular flexibility index (Phi) is 3.65. The molecule has 0 heterocycles. The van der Waals surface area contributed by atoms with E-state index in [-0.39, 0.29) is 5.82 Å². The van der Waals surface area contributed by atoms with Gasteiger partial charge in [-0.05, 0) is 24.1 Å². The second kappa shape index (κ2) is 4.54. The number of rotatable bonds is 3. The Morgan fingerprint density at radius 1 is 1.50 bits per heavy atom. The number of nitrogens with two attached hydrogens (primary N) is 1. The summed E-state index contributed by atoms with van der Waals surface area (Å²) < 4.78 is 13.8. The van der Waals surface area contributed by atoms with Crippen LogP contribution in [0.2, 0.25) is 0 Å². The zero-order valence-corrected chi connectivity index (χ0v) is 8.07. The topological polar surface area (TPSA) is 38.0 Å². The van der Waals surface area contributed by atoms with Crippen molar-refractivity contribution < 1.29 is 4.39 Å². The maximum Gasteiger partial charge on any atom is 0.127 e. The maximum atomic E-state index is 13.1. The van der Waals surface area contributed by atoms with Gasteiger partial charge >= 0.3 is 0 Å². The Labute approximate surface area is 79.1 Å². The van der Waals surface area contributed by atoms with Gasteiger partial charge in [-0.3, -0.25) is 11.3 Å². The van der Waals surface area contributed by atoms with Gasteiger partial charge in [0.15, 0.2) is 0 Å². The van der Waals surface area contributed by atoms with Crippen molar-refractivity contribution in [2.75, 3.05) is 6.54 Å². The minimum atomic E-state index is -0.195. The van der Waals surface area contributed by atoms with Gasteiger partial charge in [-0.1, -0.05) is 22.0 Å². The van der Waals surface area contributed by atoms with Crippen LogP contribution in [0.25, 0.3) is 0 Å². The van der Waals surface area contributed by atoms with Crippen molar-refractivity contribution in [2.24, 2.45) is 5.84 Å². The van der Waals surface area contributed by atoms with Crippen molar-refractivity contribution in [3.8, 4) is 0 Å². The molecule has 66 valence electrons. The highest BCUT2D eigenvalue weighted by atomic mass is 79.9. The van der Waals surface area contributed by atoms with E-state index in [0.29, 0.717) is 18.5 Å². The van der Waals surface area contributed by atoms with Crippen LogP contribution >= 0.6 is 15.9 Å². The van der Waals surface area contributed by atoms with E-state index in [4.69, 9.17) is 5.84 Å². The van der Waals surface area contributed by atoms with Gasteiger partial charge in [0.1, 0.15) is 5.82 Å². The Bertz CT molecular complexity index is 265. The van der Waals surface area contributed by atoms with E-state index in [1.165, 1.54) is 6.07 Å². The smallest absolute Gasteiger partial charge is 0.127 e. The van der Waals surface area contributed by atoms with Crippen LogP contribution in [0.4, 0.5) is 4.39 Å². The first-order chi connectivity index (χ1) is 5.74. The van der Waals surface area contributed by atoms with Crippen molar-refractivity contribution in [1.29, 1.82) is 0 Å². The van der Waals surface area contributed by atoms with Crippen LogP contribution in [-0.2, 0) is 6.42 Å². The molecule has 1 rings (SSSR count). The fourth-order valence-corrected chi connectivity index (χ4v) is 1.26. The summed E-state index contributed by atoms with van der Waals surface area (Å²) in [6.07, 6.45) is 0.607. The van der Waals surface area contributed by atoms with Gasteiger partial charge < -0.3 is 0 Å². The number of halogens is 2. The zero-order chi connectivity index (χ0) is 8.97. The lowest BCUT2D eigenvalue weighted by Gasteiger charge is -2.02. The third kappa shape index (κ3) is 2.55. The number of hydrogen-bond donors (Lipinski definition) is 2. The summed E-state index contributed by atoms with van der Waals surface area (Å²) in [4.78, 5) is 0. The lowest BCUT2D eigenvalue weighted by atomic mass is 10.1. The van der Waals surface area contributed by atoms with Crippen LogP contribution in [0, 0.1) is 5.82 Å². The first-order valence-electron chi connectivity index (χ1n) is 3.61. The van der Waals surface area contributed by atoms with Gasteiger partial charge in [0, 0.05) is 11.0 Å². The first kappa shape index (κ1) is 9.64. The average molecular weight is 233 g/mol. The van der Waals surface area contributed by atoms with Crippen molar-refractivity contribution in [3.05, 3.63) is 34.1 Å². The van der Waals surface area contributed by atoms with Crippen molar-refractivity contribution in [3.63, 3.8) is 0 Å². The standard InChI is InChI=1S/C8H10BrFN2/c9-7-2-1-6(3-4-12-11)8(10)5-7/h1-2,5,12H,3-4,11H2. The van der Waals surface area contributed by atoms with E-state index in [0.717, 1.165) is 4.47 Å². The van der Waals surface area contributed by atoms with Crippen LogP contribution in [0.1, 0.15) is 5.56 Å². The minimum absolute atomic E-state index is 0.195. The number of nitrogens with one attached hydrogen (secondary N) is 1. The predicted octanol–water partition coefficient (Wildman–Crippen LogP) is 1.59. The summed E-state index contributed by atoms with van der Waals surface area (Å²) in [5.74, 6) is 4.88. The monoisotopic (exact) mass is 232 g/mol. The summed E-state index contributed by atoms with van der Waals surface area (Å²) >= 11 is 3.18. The van der Waals surface area contributed by atoms with Crippen LogP contribution < -0.4 is 11.3 Å². The predicted molar refractivity (Wildman–Crippen MR) is 50.0 cm³/mol. The van der Waals surface area contributed by atoms with Crippen LogP contribution in [0.15, 0.2) is 22.7 Å². The molecule has 3 N–H and O–H groups in total. The molecule has 0 spiro atoms. The molecule has 0 unspecified atom stereocenters. The van der Waals surface area contributed by atoms with Crippen molar-refractivity contribution >= 4 is 15.9 Å². The third-order valence-corrected chi connectivity index (χ3v) is 2.05. The van der Waals surface area contributed by atoms with Gasteiger partial charge in [0.2, 0.25) is 0 Å². The van der Waals surface area contributed by atoms with Crippen molar-refractivity contribution in [2.45, 2.75) is 6.42 Å². The maximum absolute atomic E-state index is 13.1. The Morgan fingerprint density at radius 3 is 2.83 bits per heavy atom. The average Bonchev–Trinajstić information content (AvgIpc) is 2.03. The molecule has 0 radical (unpaired) electrons. The van der Waals surface area contributed by atoms with E-state index in [2.05, 4.69) is 21.4 Å². The summed E-state index contributed by atoms with van der Waals surface area (Å²) in [6, 6.07) is 5.01. The largest absolute Gasteiger partial charge is 0.271 e. The second-order valence-electron chi connectivity index (χ2n) is 2.44. The molecular weight excluding hydrogens is 223 g/mol.